The first-order chi connectivity index (χ1) is 15.7. The Balaban J connectivity index is 1.80. The summed E-state index contributed by atoms with van der Waals surface area (Å²) in [6, 6.07) is 11.7. The number of ether oxygens (including phenoxy) is 2. The number of fused-ring (bicyclic) bond motifs is 1. The molecule has 1 heterocycles. The molecule has 0 unspecified atom stereocenters. The summed E-state index contributed by atoms with van der Waals surface area (Å²) in [7, 11) is 0. The van der Waals surface area contributed by atoms with Gasteiger partial charge in [-0.25, -0.2) is 4.39 Å². The molecule has 1 N–H and O–H groups in total. The highest BCUT2D eigenvalue weighted by molar-refractivity contribution is 9.10. The first kappa shape index (κ1) is 24.4. The van der Waals surface area contributed by atoms with Gasteiger partial charge in [0.25, 0.3) is 11.8 Å². The van der Waals surface area contributed by atoms with Crippen LogP contribution < -0.4 is 5.32 Å². The maximum absolute atomic E-state index is 13.8. The molecule has 0 bridgehead atoms. The van der Waals surface area contributed by atoms with Crippen LogP contribution in [0.1, 0.15) is 30.5 Å². The van der Waals surface area contributed by atoms with E-state index in [0.717, 1.165) is 25.0 Å². The lowest BCUT2D eigenvalue weighted by molar-refractivity contribution is -0.178. The fourth-order valence-corrected chi connectivity index (χ4v) is 3.71. The Morgan fingerprint density at radius 2 is 1.58 bits per heavy atom. The molecule has 3 rings (SSSR count). The molecule has 8 nitrogen and oxygen atoms in total. The highest BCUT2D eigenvalue weighted by Gasteiger charge is 2.42. The van der Waals surface area contributed by atoms with Gasteiger partial charge in [-0.15, -0.1) is 0 Å². The minimum absolute atomic E-state index is 0.100. The second-order valence-electron chi connectivity index (χ2n) is 7.49. The van der Waals surface area contributed by atoms with Gasteiger partial charge < -0.3 is 19.7 Å². The zero-order chi connectivity index (χ0) is 24.1. The minimum Gasteiger partial charge on any atom is -0.448 e. The van der Waals surface area contributed by atoms with Crippen molar-refractivity contribution in [3.63, 3.8) is 0 Å². The Kier molecular flexibility index (Phi) is 7.80. The average molecular weight is 521 g/mol. The van der Waals surface area contributed by atoms with E-state index < -0.39 is 41.8 Å². The molecule has 2 aromatic rings. The van der Waals surface area contributed by atoms with Gasteiger partial charge in [-0.1, -0.05) is 30.3 Å². The zero-order valence-corrected chi connectivity index (χ0v) is 19.6. The smallest absolute Gasteiger partial charge is 0.303 e. The predicted octanol–water partition coefficient (Wildman–Crippen LogP) is 2.61. The Hall–Kier alpha value is -3.27. The third-order valence-corrected chi connectivity index (χ3v) is 5.61. The van der Waals surface area contributed by atoms with E-state index in [1.807, 2.05) is 24.3 Å². The van der Waals surface area contributed by atoms with Crippen LogP contribution in [0.4, 0.5) is 4.39 Å². The number of hydrogen-bond acceptors (Lipinski definition) is 6. The average Bonchev–Trinajstić information content (AvgIpc) is 3.20. The van der Waals surface area contributed by atoms with Crippen LogP contribution in [-0.2, 0) is 48.3 Å². The number of amides is 2. The molecule has 2 atom stereocenters. The van der Waals surface area contributed by atoms with Crippen molar-refractivity contribution in [2.24, 2.45) is 0 Å². The predicted molar refractivity (Wildman–Crippen MR) is 118 cm³/mol. The van der Waals surface area contributed by atoms with Crippen LogP contribution in [-0.4, -0.2) is 40.9 Å². The van der Waals surface area contributed by atoms with E-state index in [9.17, 15) is 23.6 Å². The number of carbonyl (C=O) groups is 4. The lowest BCUT2D eigenvalue weighted by Crippen LogP contribution is -2.53. The summed E-state index contributed by atoms with van der Waals surface area (Å²) in [5.41, 5.74) is 2.30. The van der Waals surface area contributed by atoms with Gasteiger partial charge in [-0.3, -0.25) is 19.2 Å². The SMILES string of the molecule is CC(=O)O[C@@H](C(=O)NCc1ccc(Br)c(F)c1)[C@@H](OC(C)=O)C(=O)N1Cc2ccccc2C1. The second-order valence-corrected chi connectivity index (χ2v) is 8.34. The van der Waals surface area contributed by atoms with Gasteiger partial charge in [0, 0.05) is 33.5 Å². The minimum atomic E-state index is -1.72. The number of halogens is 2. The van der Waals surface area contributed by atoms with Crippen molar-refractivity contribution < 1.29 is 33.0 Å². The summed E-state index contributed by atoms with van der Waals surface area (Å²) < 4.78 is 24.3. The molecule has 2 aromatic carbocycles. The highest BCUT2D eigenvalue weighted by atomic mass is 79.9. The molecule has 0 aliphatic carbocycles. The van der Waals surface area contributed by atoms with Gasteiger partial charge in [-0.2, -0.15) is 0 Å². The molecule has 2 amide bonds. The van der Waals surface area contributed by atoms with Crippen LogP contribution >= 0.6 is 15.9 Å². The normalized spacial score (nSPS) is 14.1. The summed E-state index contributed by atoms with van der Waals surface area (Å²) in [4.78, 5) is 51.0. The fraction of sp³-hybridized carbons (Fsp3) is 0.304. The third-order valence-electron chi connectivity index (χ3n) is 4.97. The lowest BCUT2D eigenvalue weighted by atomic mass is 10.1. The van der Waals surface area contributed by atoms with Crippen LogP contribution in [0, 0.1) is 5.82 Å². The zero-order valence-electron chi connectivity index (χ0n) is 18.0. The van der Waals surface area contributed by atoms with E-state index in [2.05, 4.69) is 21.2 Å². The molecular formula is C23H22BrFN2O6. The van der Waals surface area contributed by atoms with Crippen molar-refractivity contribution in [1.29, 1.82) is 0 Å². The van der Waals surface area contributed by atoms with Gasteiger partial charge in [0.05, 0.1) is 4.47 Å². The first-order valence-corrected chi connectivity index (χ1v) is 10.9. The Morgan fingerprint density at radius 3 is 2.12 bits per heavy atom. The molecular weight excluding hydrogens is 499 g/mol. The summed E-state index contributed by atoms with van der Waals surface area (Å²) in [5, 5.41) is 2.51. The number of nitrogens with zero attached hydrogens (tertiary/aromatic N) is 1. The lowest BCUT2D eigenvalue weighted by Gasteiger charge is -2.28. The van der Waals surface area contributed by atoms with Crippen molar-refractivity contribution in [2.75, 3.05) is 0 Å². The van der Waals surface area contributed by atoms with Crippen LogP contribution in [0.5, 0.6) is 0 Å². The van der Waals surface area contributed by atoms with Gasteiger partial charge in [0.1, 0.15) is 5.82 Å². The number of rotatable bonds is 7. The Labute approximate surface area is 198 Å². The highest BCUT2D eigenvalue weighted by Crippen LogP contribution is 2.24. The van der Waals surface area contributed by atoms with Gasteiger partial charge in [0.2, 0.25) is 12.2 Å². The summed E-state index contributed by atoms with van der Waals surface area (Å²) in [6.07, 6.45) is -3.40. The molecule has 0 saturated heterocycles. The number of nitrogens with one attached hydrogen (secondary N) is 1. The van der Waals surface area contributed by atoms with E-state index in [1.165, 1.54) is 17.0 Å². The molecule has 1 aliphatic heterocycles. The van der Waals surface area contributed by atoms with E-state index in [1.54, 1.807) is 6.07 Å². The number of carbonyl (C=O) groups excluding carboxylic acids is 4. The Morgan fingerprint density at radius 1 is 1.00 bits per heavy atom. The van der Waals surface area contributed by atoms with E-state index in [0.29, 0.717) is 5.56 Å². The maximum atomic E-state index is 13.8. The molecule has 0 saturated carbocycles. The quantitative estimate of drug-likeness (QED) is 0.563. The van der Waals surface area contributed by atoms with Crippen LogP contribution in [0.15, 0.2) is 46.9 Å². The van der Waals surface area contributed by atoms with Crippen LogP contribution in [0.2, 0.25) is 0 Å². The molecule has 1 aliphatic rings. The van der Waals surface area contributed by atoms with E-state index in [-0.39, 0.29) is 24.1 Å². The molecule has 0 radical (unpaired) electrons. The fourth-order valence-electron chi connectivity index (χ4n) is 3.46. The van der Waals surface area contributed by atoms with Crippen molar-refractivity contribution in [3.05, 3.63) is 69.4 Å². The van der Waals surface area contributed by atoms with Crippen LogP contribution in [0.25, 0.3) is 0 Å². The van der Waals surface area contributed by atoms with Crippen molar-refractivity contribution >= 4 is 39.7 Å². The Bertz CT molecular complexity index is 1070. The summed E-state index contributed by atoms with van der Waals surface area (Å²) in [5.74, 6) is -3.69. The second kappa shape index (κ2) is 10.6. The van der Waals surface area contributed by atoms with Gasteiger partial charge in [0.15, 0.2) is 0 Å². The molecule has 0 spiro atoms. The number of esters is 2. The van der Waals surface area contributed by atoms with Gasteiger partial charge >= 0.3 is 11.9 Å². The monoisotopic (exact) mass is 520 g/mol. The van der Waals surface area contributed by atoms with Crippen molar-refractivity contribution in [3.8, 4) is 0 Å². The number of benzene rings is 2. The summed E-state index contributed by atoms with van der Waals surface area (Å²) in [6.45, 7) is 2.59. The van der Waals surface area contributed by atoms with Gasteiger partial charge in [-0.05, 0) is 44.8 Å². The number of hydrogen-bond donors (Lipinski definition) is 1. The molecule has 0 aromatic heterocycles. The van der Waals surface area contributed by atoms with Crippen molar-refractivity contribution in [2.45, 2.75) is 45.7 Å². The van der Waals surface area contributed by atoms with E-state index in [4.69, 9.17) is 9.47 Å². The van der Waals surface area contributed by atoms with Crippen LogP contribution in [0.3, 0.4) is 0 Å². The third kappa shape index (κ3) is 6.16. The summed E-state index contributed by atoms with van der Waals surface area (Å²) >= 11 is 3.05. The first-order valence-electron chi connectivity index (χ1n) is 10.1. The maximum Gasteiger partial charge on any atom is 0.303 e. The molecule has 0 fully saturated rings. The van der Waals surface area contributed by atoms with Crippen molar-refractivity contribution in [1.82, 2.24) is 10.2 Å². The molecule has 10 heteroatoms. The topological polar surface area (TPSA) is 102 Å². The molecule has 33 heavy (non-hydrogen) atoms. The molecule has 174 valence electrons. The standard InChI is InChI=1S/C23H22BrFN2O6/c1-13(28)32-20(22(30)26-10-15-7-8-18(24)19(25)9-15)21(33-14(2)29)23(31)27-11-16-5-3-4-6-17(16)12-27/h3-9,20-21H,10-12H2,1-2H3,(H,26,30)/t20-,21-/m1/s1. The largest absolute Gasteiger partial charge is 0.448 e. The van der Waals surface area contributed by atoms with E-state index >= 15 is 0 Å².